The van der Waals surface area contributed by atoms with Crippen molar-refractivity contribution >= 4 is 0 Å². The second-order valence-electron chi connectivity index (χ2n) is 5.47. The van der Waals surface area contributed by atoms with Gasteiger partial charge in [0.2, 0.25) is 0 Å². The zero-order chi connectivity index (χ0) is 14.1. The number of nitrogens with zero attached hydrogens (tertiary/aromatic N) is 1. The van der Waals surface area contributed by atoms with Crippen LogP contribution in [0.2, 0.25) is 0 Å². The Morgan fingerprint density at radius 3 is 2.63 bits per heavy atom. The molecule has 1 aliphatic rings. The van der Waals surface area contributed by atoms with E-state index in [-0.39, 0.29) is 12.1 Å². The van der Waals surface area contributed by atoms with Gasteiger partial charge in [-0.2, -0.15) is 13.2 Å². The van der Waals surface area contributed by atoms with Gasteiger partial charge in [0.15, 0.2) is 0 Å². The molecule has 5 heteroatoms. The van der Waals surface area contributed by atoms with Crippen molar-refractivity contribution in [3.63, 3.8) is 0 Å². The number of rotatable bonds is 2. The van der Waals surface area contributed by atoms with E-state index in [0.29, 0.717) is 13.0 Å². The second-order valence-corrected chi connectivity index (χ2v) is 5.47. The van der Waals surface area contributed by atoms with E-state index in [9.17, 15) is 18.3 Å². The summed E-state index contributed by atoms with van der Waals surface area (Å²) in [6, 6.07) is 5.63. The van der Waals surface area contributed by atoms with E-state index >= 15 is 0 Å². The first-order valence-corrected chi connectivity index (χ1v) is 6.38. The van der Waals surface area contributed by atoms with E-state index in [1.54, 1.807) is 13.0 Å². The molecule has 2 nitrogen and oxygen atoms in total. The number of piperidine rings is 1. The summed E-state index contributed by atoms with van der Waals surface area (Å²) in [6.45, 7) is 3.10. The van der Waals surface area contributed by atoms with Crippen LogP contribution in [0.5, 0.6) is 0 Å². The van der Waals surface area contributed by atoms with E-state index < -0.39 is 17.3 Å². The standard InChI is InChI=1S/C14H18F3NO/c1-13(19)7-4-8-18(10-13)9-11-5-2-3-6-12(11)14(15,16)17/h2-3,5-6,19H,4,7-10H2,1H3. The van der Waals surface area contributed by atoms with Crippen molar-refractivity contribution in [3.8, 4) is 0 Å². The van der Waals surface area contributed by atoms with Gasteiger partial charge in [-0.1, -0.05) is 18.2 Å². The Balaban J connectivity index is 2.15. The number of halogens is 3. The lowest BCUT2D eigenvalue weighted by Crippen LogP contribution is -2.45. The summed E-state index contributed by atoms with van der Waals surface area (Å²) in [5, 5.41) is 9.99. The maximum Gasteiger partial charge on any atom is 0.416 e. The van der Waals surface area contributed by atoms with Crippen LogP contribution in [0.15, 0.2) is 24.3 Å². The van der Waals surface area contributed by atoms with E-state index in [0.717, 1.165) is 19.0 Å². The van der Waals surface area contributed by atoms with Gasteiger partial charge in [0.1, 0.15) is 0 Å². The molecule has 19 heavy (non-hydrogen) atoms. The maximum absolute atomic E-state index is 12.9. The Hall–Kier alpha value is -1.07. The lowest BCUT2D eigenvalue weighted by molar-refractivity contribution is -0.138. The molecule has 2 rings (SSSR count). The fourth-order valence-electron chi connectivity index (χ4n) is 2.63. The summed E-state index contributed by atoms with van der Waals surface area (Å²) in [6.07, 6.45) is -2.82. The van der Waals surface area contributed by atoms with Gasteiger partial charge in [-0.05, 0) is 37.9 Å². The molecule has 1 atom stereocenters. The zero-order valence-corrected chi connectivity index (χ0v) is 10.9. The molecular formula is C14H18F3NO. The molecule has 0 radical (unpaired) electrons. The van der Waals surface area contributed by atoms with Crippen molar-refractivity contribution in [2.75, 3.05) is 13.1 Å². The molecule has 1 aromatic carbocycles. The SMILES string of the molecule is CC1(O)CCCN(Cc2ccccc2C(F)(F)F)C1. The highest BCUT2D eigenvalue weighted by atomic mass is 19.4. The summed E-state index contributed by atoms with van der Waals surface area (Å²) >= 11 is 0. The predicted molar refractivity (Wildman–Crippen MR) is 66.6 cm³/mol. The Labute approximate surface area is 110 Å². The normalized spacial score (nSPS) is 25.5. The Morgan fingerprint density at radius 1 is 1.32 bits per heavy atom. The van der Waals surface area contributed by atoms with Gasteiger partial charge >= 0.3 is 6.18 Å². The van der Waals surface area contributed by atoms with Crippen molar-refractivity contribution in [2.45, 2.75) is 38.1 Å². The first-order chi connectivity index (χ1) is 8.78. The lowest BCUT2D eigenvalue weighted by Gasteiger charge is -2.37. The second kappa shape index (κ2) is 5.13. The van der Waals surface area contributed by atoms with Gasteiger partial charge in [-0.15, -0.1) is 0 Å². The molecule has 0 amide bonds. The zero-order valence-electron chi connectivity index (χ0n) is 10.9. The number of hydrogen-bond acceptors (Lipinski definition) is 2. The van der Waals surface area contributed by atoms with Gasteiger partial charge in [-0.3, -0.25) is 4.90 Å². The van der Waals surface area contributed by atoms with Crippen LogP contribution in [0.4, 0.5) is 13.2 Å². The molecule has 0 saturated carbocycles. The number of aliphatic hydroxyl groups is 1. The van der Waals surface area contributed by atoms with E-state index in [1.165, 1.54) is 12.1 Å². The minimum atomic E-state index is -4.32. The minimum absolute atomic E-state index is 0.228. The van der Waals surface area contributed by atoms with Crippen LogP contribution < -0.4 is 0 Å². The molecule has 1 fully saturated rings. The fraction of sp³-hybridized carbons (Fsp3) is 0.571. The molecule has 1 aliphatic heterocycles. The smallest absolute Gasteiger partial charge is 0.389 e. The highest BCUT2D eigenvalue weighted by Crippen LogP contribution is 2.33. The van der Waals surface area contributed by atoms with Gasteiger partial charge in [0.25, 0.3) is 0 Å². The molecule has 0 bridgehead atoms. The van der Waals surface area contributed by atoms with Crippen LogP contribution >= 0.6 is 0 Å². The van der Waals surface area contributed by atoms with Crippen molar-refractivity contribution in [1.82, 2.24) is 4.90 Å². The van der Waals surface area contributed by atoms with Gasteiger partial charge in [-0.25, -0.2) is 0 Å². The molecule has 0 aliphatic carbocycles. The highest BCUT2D eigenvalue weighted by molar-refractivity contribution is 5.29. The maximum atomic E-state index is 12.9. The number of likely N-dealkylation sites (tertiary alicyclic amines) is 1. The van der Waals surface area contributed by atoms with Crippen molar-refractivity contribution in [2.24, 2.45) is 0 Å². The highest BCUT2D eigenvalue weighted by Gasteiger charge is 2.34. The topological polar surface area (TPSA) is 23.5 Å². The van der Waals surface area contributed by atoms with Crippen LogP contribution in [-0.2, 0) is 12.7 Å². The molecule has 1 heterocycles. The fourth-order valence-corrected chi connectivity index (χ4v) is 2.63. The first kappa shape index (κ1) is 14.3. The van der Waals surface area contributed by atoms with Crippen LogP contribution in [0, 0.1) is 0 Å². The van der Waals surface area contributed by atoms with E-state index in [1.807, 2.05) is 4.90 Å². The Bertz CT molecular complexity index is 443. The minimum Gasteiger partial charge on any atom is -0.389 e. The average molecular weight is 273 g/mol. The summed E-state index contributed by atoms with van der Waals surface area (Å²) in [5.74, 6) is 0. The first-order valence-electron chi connectivity index (χ1n) is 6.38. The Kier molecular flexibility index (Phi) is 3.87. The number of benzene rings is 1. The summed E-state index contributed by atoms with van der Waals surface area (Å²) in [7, 11) is 0. The quantitative estimate of drug-likeness (QED) is 0.895. The molecule has 0 spiro atoms. The molecule has 1 aromatic rings. The summed E-state index contributed by atoms with van der Waals surface area (Å²) in [4.78, 5) is 1.88. The number of hydrogen-bond donors (Lipinski definition) is 1. The van der Waals surface area contributed by atoms with Crippen LogP contribution in [0.25, 0.3) is 0 Å². The molecule has 1 unspecified atom stereocenters. The average Bonchev–Trinajstić information content (AvgIpc) is 2.26. The molecule has 1 saturated heterocycles. The molecule has 0 aromatic heterocycles. The van der Waals surface area contributed by atoms with Crippen LogP contribution in [-0.4, -0.2) is 28.7 Å². The van der Waals surface area contributed by atoms with Crippen molar-refractivity contribution in [3.05, 3.63) is 35.4 Å². The predicted octanol–water partition coefficient (Wildman–Crippen LogP) is 3.05. The van der Waals surface area contributed by atoms with E-state index in [4.69, 9.17) is 0 Å². The monoisotopic (exact) mass is 273 g/mol. The van der Waals surface area contributed by atoms with Crippen molar-refractivity contribution in [1.29, 1.82) is 0 Å². The third kappa shape index (κ3) is 3.70. The number of β-amino-alcohol motifs (C(OH)–C–C–N with tert-alkyl or cyclic N) is 1. The largest absolute Gasteiger partial charge is 0.416 e. The van der Waals surface area contributed by atoms with Crippen molar-refractivity contribution < 1.29 is 18.3 Å². The molecule has 1 N–H and O–H groups in total. The number of alkyl halides is 3. The summed E-state index contributed by atoms with van der Waals surface area (Å²) < 4.78 is 38.7. The third-order valence-corrected chi connectivity index (χ3v) is 3.47. The lowest BCUT2D eigenvalue weighted by atomic mass is 9.94. The molecular weight excluding hydrogens is 255 g/mol. The Morgan fingerprint density at radius 2 is 2.00 bits per heavy atom. The third-order valence-electron chi connectivity index (χ3n) is 3.47. The molecule has 106 valence electrons. The van der Waals surface area contributed by atoms with Gasteiger partial charge < -0.3 is 5.11 Å². The van der Waals surface area contributed by atoms with Gasteiger partial charge in [0.05, 0.1) is 11.2 Å². The van der Waals surface area contributed by atoms with Gasteiger partial charge in [0, 0.05) is 13.1 Å². The van der Waals surface area contributed by atoms with Crippen LogP contribution in [0.3, 0.4) is 0 Å². The summed E-state index contributed by atoms with van der Waals surface area (Å²) in [5.41, 5.74) is -1.11. The van der Waals surface area contributed by atoms with E-state index in [2.05, 4.69) is 0 Å². The van der Waals surface area contributed by atoms with Crippen LogP contribution in [0.1, 0.15) is 30.9 Å².